The van der Waals surface area contributed by atoms with Crippen LogP contribution in [0.3, 0.4) is 0 Å². The summed E-state index contributed by atoms with van der Waals surface area (Å²) in [6, 6.07) is 5.22. The summed E-state index contributed by atoms with van der Waals surface area (Å²) in [6.45, 7) is 1.80. The molecule has 0 aliphatic carbocycles. The van der Waals surface area contributed by atoms with Gasteiger partial charge >= 0.3 is 0 Å². The van der Waals surface area contributed by atoms with E-state index in [1.807, 2.05) is 0 Å². The standard InChI is InChI=1S/C15H21NO4/c1-18-11-5-6-15(19-2)13(8-11)14(17)10-16-9-12-4-3-7-20-12/h5-6,8,12,16H,3-4,7,9-10H2,1-2H3. The molecule has 0 bridgehead atoms. The molecule has 0 saturated carbocycles. The van der Waals surface area contributed by atoms with Crippen LogP contribution in [0.25, 0.3) is 0 Å². The third kappa shape index (κ3) is 3.71. The molecule has 1 aliphatic rings. The number of rotatable bonds is 7. The molecule has 0 aromatic heterocycles. The zero-order valence-corrected chi connectivity index (χ0v) is 12.0. The molecule has 1 atom stereocenters. The Bertz CT molecular complexity index is 455. The van der Waals surface area contributed by atoms with Crippen molar-refractivity contribution in [3.8, 4) is 11.5 Å². The molecule has 0 amide bonds. The van der Waals surface area contributed by atoms with Crippen molar-refractivity contribution in [1.29, 1.82) is 0 Å². The third-order valence-corrected chi connectivity index (χ3v) is 3.39. The fraction of sp³-hybridized carbons (Fsp3) is 0.533. The van der Waals surface area contributed by atoms with E-state index in [1.165, 1.54) is 0 Å². The van der Waals surface area contributed by atoms with Gasteiger partial charge in [-0.1, -0.05) is 0 Å². The Morgan fingerprint density at radius 2 is 2.25 bits per heavy atom. The van der Waals surface area contributed by atoms with E-state index in [0.29, 0.717) is 23.6 Å². The molecule has 110 valence electrons. The number of ketones is 1. The zero-order valence-electron chi connectivity index (χ0n) is 12.0. The largest absolute Gasteiger partial charge is 0.497 e. The van der Waals surface area contributed by atoms with Gasteiger partial charge in [-0.25, -0.2) is 0 Å². The van der Waals surface area contributed by atoms with Crippen LogP contribution in [0.15, 0.2) is 18.2 Å². The molecular weight excluding hydrogens is 258 g/mol. The number of carbonyl (C=O) groups is 1. The molecule has 5 heteroatoms. The average molecular weight is 279 g/mol. The molecule has 1 unspecified atom stereocenters. The van der Waals surface area contributed by atoms with Crippen LogP contribution < -0.4 is 14.8 Å². The van der Waals surface area contributed by atoms with Crippen molar-refractivity contribution in [3.63, 3.8) is 0 Å². The van der Waals surface area contributed by atoms with Crippen LogP contribution in [0, 0.1) is 0 Å². The van der Waals surface area contributed by atoms with Gasteiger partial charge in [0.15, 0.2) is 5.78 Å². The van der Waals surface area contributed by atoms with E-state index in [1.54, 1.807) is 32.4 Å². The molecular formula is C15H21NO4. The second-order valence-electron chi connectivity index (χ2n) is 4.76. The topological polar surface area (TPSA) is 56.8 Å². The van der Waals surface area contributed by atoms with E-state index in [0.717, 1.165) is 19.4 Å². The number of carbonyl (C=O) groups excluding carboxylic acids is 1. The Kier molecular flexibility index (Phi) is 5.38. The normalized spacial score (nSPS) is 18.0. The first-order valence-electron chi connectivity index (χ1n) is 6.82. The van der Waals surface area contributed by atoms with Gasteiger partial charge in [0.25, 0.3) is 0 Å². The Hall–Kier alpha value is -1.59. The van der Waals surface area contributed by atoms with Crippen LogP contribution >= 0.6 is 0 Å². The Morgan fingerprint density at radius 3 is 2.90 bits per heavy atom. The highest BCUT2D eigenvalue weighted by Gasteiger charge is 2.17. The number of benzene rings is 1. The number of methoxy groups -OCH3 is 2. The molecule has 1 saturated heterocycles. The molecule has 1 aromatic rings. The van der Waals surface area contributed by atoms with Crippen LogP contribution in [0.5, 0.6) is 11.5 Å². The fourth-order valence-electron chi connectivity index (χ4n) is 2.28. The van der Waals surface area contributed by atoms with Crippen LogP contribution in [0.1, 0.15) is 23.2 Å². The predicted octanol–water partition coefficient (Wildman–Crippen LogP) is 1.66. The molecule has 20 heavy (non-hydrogen) atoms. The maximum absolute atomic E-state index is 12.2. The van der Waals surface area contributed by atoms with Gasteiger partial charge in [-0.05, 0) is 31.0 Å². The van der Waals surface area contributed by atoms with Crippen LogP contribution in [-0.2, 0) is 4.74 Å². The summed E-state index contributed by atoms with van der Waals surface area (Å²) in [5.74, 6) is 1.20. The third-order valence-electron chi connectivity index (χ3n) is 3.39. The van der Waals surface area contributed by atoms with E-state index < -0.39 is 0 Å². The van der Waals surface area contributed by atoms with Crippen molar-refractivity contribution < 1.29 is 19.0 Å². The van der Waals surface area contributed by atoms with Crippen LogP contribution in [0.2, 0.25) is 0 Å². The number of ether oxygens (including phenoxy) is 3. The van der Waals surface area contributed by atoms with Crippen molar-refractivity contribution in [1.82, 2.24) is 5.32 Å². The second kappa shape index (κ2) is 7.26. The summed E-state index contributed by atoms with van der Waals surface area (Å²) in [4.78, 5) is 12.2. The van der Waals surface area contributed by atoms with Gasteiger partial charge in [0.1, 0.15) is 11.5 Å². The highest BCUT2D eigenvalue weighted by Crippen LogP contribution is 2.24. The molecule has 2 rings (SSSR count). The lowest BCUT2D eigenvalue weighted by atomic mass is 10.1. The predicted molar refractivity (Wildman–Crippen MR) is 75.7 cm³/mol. The lowest BCUT2D eigenvalue weighted by Crippen LogP contribution is -2.31. The summed E-state index contributed by atoms with van der Waals surface area (Å²) >= 11 is 0. The number of hydrogen-bond acceptors (Lipinski definition) is 5. The number of nitrogens with one attached hydrogen (secondary N) is 1. The summed E-state index contributed by atoms with van der Waals surface area (Å²) < 4.78 is 15.9. The first-order valence-corrected chi connectivity index (χ1v) is 6.82. The van der Waals surface area contributed by atoms with Gasteiger partial charge < -0.3 is 19.5 Å². The van der Waals surface area contributed by atoms with Gasteiger partial charge in [-0.15, -0.1) is 0 Å². The minimum absolute atomic E-state index is 0.0150. The van der Waals surface area contributed by atoms with Gasteiger partial charge in [0, 0.05) is 13.2 Å². The summed E-state index contributed by atoms with van der Waals surface area (Å²) in [7, 11) is 3.13. The fourth-order valence-corrected chi connectivity index (χ4v) is 2.28. The molecule has 1 fully saturated rings. The monoisotopic (exact) mass is 279 g/mol. The molecule has 1 aliphatic heterocycles. The van der Waals surface area contributed by atoms with Crippen molar-refractivity contribution in [2.45, 2.75) is 18.9 Å². The summed E-state index contributed by atoms with van der Waals surface area (Å²) in [6.07, 6.45) is 2.39. The maximum atomic E-state index is 12.2. The molecule has 0 radical (unpaired) electrons. The van der Waals surface area contributed by atoms with Crippen LogP contribution in [0.4, 0.5) is 0 Å². The van der Waals surface area contributed by atoms with Gasteiger partial charge in [0.05, 0.1) is 32.4 Å². The maximum Gasteiger partial charge on any atom is 0.180 e. The molecule has 0 spiro atoms. The molecule has 5 nitrogen and oxygen atoms in total. The minimum atomic E-state index is -0.0150. The van der Waals surface area contributed by atoms with E-state index in [9.17, 15) is 4.79 Å². The highest BCUT2D eigenvalue weighted by molar-refractivity contribution is 6.00. The van der Waals surface area contributed by atoms with Gasteiger partial charge in [0.2, 0.25) is 0 Å². The summed E-state index contributed by atoms with van der Waals surface area (Å²) in [5.41, 5.74) is 0.534. The SMILES string of the molecule is COc1ccc(OC)c(C(=O)CNCC2CCCO2)c1. The first-order chi connectivity index (χ1) is 9.74. The first kappa shape index (κ1) is 14.8. The van der Waals surface area contributed by atoms with Crippen molar-refractivity contribution in [3.05, 3.63) is 23.8 Å². The van der Waals surface area contributed by atoms with Gasteiger partial charge in [-0.2, -0.15) is 0 Å². The lowest BCUT2D eigenvalue weighted by Gasteiger charge is -2.12. The Morgan fingerprint density at radius 1 is 1.40 bits per heavy atom. The quantitative estimate of drug-likeness (QED) is 0.769. The zero-order chi connectivity index (χ0) is 14.4. The van der Waals surface area contributed by atoms with E-state index >= 15 is 0 Å². The minimum Gasteiger partial charge on any atom is -0.497 e. The second-order valence-corrected chi connectivity index (χ2v) is 4.76. The van der Waals surface area contributed by atoms with E-state index in [-0.39, 0.29) is 18.4 Å². The van der Waals surface area contributed by atoms with E-state index in [4.69, 9.17) is 14.2 Å². The average Bonchev–Trinajstić information content (AvgIpc) is 2.99. The van der Waals surface area contributed by atoms with Crippen molar-refractivity contribution in [2.75, 3.05) is 33.9 Å². The van der Waals surface area contributed by atoms with Gasteiger partial charge in [-0.3, -0.25) is 4.79 Å². The number of hydrogen-bond donors (Lipinski definition) is 1. The summed E-state index contributed by atoms with van der Waals surface area (Å²) in [5, 5.41) is 3.14. The Balaban J connectivity index is 1.93. The van der Waals surface area contributed by atoms with Crippen molar-refractivity contribution >= 4 is 5.78 Å². The smallest absolute Gasteiger partial charge is 0.180 e. The van der Waals surface area contributed by atoms with Crippen molar-refractivity contribution in [2.24, 2.45) is 0 Å². The molecule has 1 aromatic carbocycles. The highest BCUT2D eigenvalue weighted by atomic mass is 16.5. The molecule has 1 heterocycles. The Labute approximate surface area is 119 Å². The molecule has 1 N–H and O–H groups in total. The van der Waals surface area contributed by atoms with Crippen LogP contribution in [-0.4, -0.2) is 45.8 Å². The lowest BCUT2D eigenvalue weighted by molar-refractivity contribution is 0.0953. The van der Waals surface area contributed by atoms with E-state index in [2.05, 4.69) is 5.32 Å². The number of Topliss-reactive ketones (excluding diaryl/α,β-unsaturated/α-hetero) is 1.